The summed E-state index contributed by atoms with van der Waals surface area (Å²) in [5.74, 6) is -0.236. The Bertz CT molecular complexity index is 956. The standard InChI is InChI=1S/C24H33N3O4S/c1-2-22(28)18-26(21-10-6-5-7-11-21)19-24(29)25-20-12-14-23(15-13-20)32(30,31)27-16-8-3-4-9-17-27/h5-7,10-15,22,28H,2-4,8-9,16-19H2,1H3,(H,25,29). The third-order valence-electron chi connectivity index (χ3n) is 5.70. The average molecular weight is 460 g/mol. The summed E-state index contributed by atoms with van der Waals surface area (Å²) in [4.78, 5) is 14.8. The van der Waals surface area contributed by atoms with Crippen LogP contribution in [0, 0.1) is 0 Å². The van der Waals surface area contributed by atoms with E-state index in [9.17, 15) is 18.3 Å². The van der Waals surface area contributed by atoms with Gasteiger partial charge in [0.2, 0.25) is 15.9 Å². The summed E-state index contributed by atoms with van der Waals surface area (Å²) in [6.45, 7) is 3.44. The molecular formula is C24H33N3O4S. The van der Waals surface area contributed by atoms with Crippen molar-refractivity contribution >= 4 is 27.3 Å². The molecule has 0 radical (unpaired) electrons. The Kier molecular flexibility index (Phi) is 8.67. The van der Waals surface area contributed by atoms with E-state index in [1.807, 2.05) is 42.2 Å². The molecule has 2 N–H and O–H groups in total. The second kappa shape index (κ2) is 11.4. The van der Waals surface area contributed by atoms with Gasteiger partial charge in [-0.25, -0.2) is 8.42 Å². The van der Waals surface area contributed by atoms with Crippen LogP contribution in [-0.4, -0.2) is 56.0 Å². The Morgan fingerprint density at radius 3 is 2.25 bits per heavy atom. The Morgan fingerprint density at radius 2 is 1.66 bits per heavy atom. The van der Waals surface area contributed by atoms with E-state index < -0.39 is 16.1 Å². The van der Waals surface area contributed by atoms with E-state index in [1.165, 1.54) is 0 Å². The number of hydrogen-bond acceptors (Lipinski definition) is 5. The van der Waals surface area contributed by atoms with Gasteiger partial charge in [-0.05, 0) is 55.7 Å². The number of sulfonamides is 1. The third-order valence-corrected chi connectivity index (χ3v) is 7.61. The number of nitrogens with zero attached hydrogens (tertiary/aromatic N) is 2. The molecule has 0 aromatic heterocycles. The van der Waals surface area contributed by atoms with Gasteiger partial charge in [-0.15, -0.1) is 0 Å². The van der Waals surface area contributed by atoms with Gasteiger partial charge in [0.1, 0.15) is 0 Å². The fourth-order valence-electron chi connectivity index (χ4n) is 3.80. The van der Waals surface area contributed by atoms with Crippen LogP contribution in [-0.2, 0) is 14.8 Å². The van der Waals surface area contributed by atoms with Crippen LogP contribution in [0.15, 0.2) is 59.5 Å². The van der Waals surface area contributed by atoms with Gasteiger partial charge in [0, 0.05) is 31.0 Å². The van der Waals surface area contributed by atoms with Gasteiger partial charge in [-0.1, -0.05) is 38.0 Å². The smallest absolute Gasteiger partial charge is 0.243 e. The summed E-state index contributed by atoms with van der Waals surface area (Å²) in [7, 11) is -3.52. The fraction of sp³-hybridized carbons (Fsp3) is 0.458. The number of aliphatic hydroxyl groups excluding tert-OH is 1. The molecule has 1 heterocycles. The van der Waals surface area contributed by atoms with E-state index in [0.29, 0.717) is 31.7 Å². The van der Waals surface area contributed by atoms with Crippen LogP contribution >= 0.6 is 0 Å². The van der Waals surface area contributed by atoms with E-state index in [1.54, 1.807) is 28.6 Å². The number of rotatable bonds is 9. The number of carbonyl (C=O) groups excluding carboxylic acids is 1. The molecule has 0 saturated carbocycles. The van der Waals surface area contributed by atoms with Crippen molar-refractivity contribution in [3.05, 3.63) is 54.6 Å². The van der Waals surface area contributed by atoms with Crippen LogP contribution in [0.5, 0.6) is 0 Å². The van der Waals surface area contributed by atoms with Crippen molar-refractivity contribution in [2.75, 3.05) is 36.4 Å². The van der Waals surface area contributed by atoms with Gasteiger partial charge < -0.3 is 15.3 Å². The largest absolute Gasteiger partial charge is 0.391 e. The van der Waals surface area contributed by atoms with E-state index in [-0.39, 0.29) is 17.3 Å². The summed E-state index contributed by atoms with van der Waals surface area (Å²) >= 11 is 0. The molecule has 0 spiro atoms. The Balaban J connectivity index is 1.65. The molecule has 1 atom stereocenters. The van der Waals surface area contributed by atoms with Crippen LogP contribution < -0.4 is 10.2 Å². The molecule has 0 aliphatic carbocycles. The molecule has 174 valence electrons. The van der Waals surface area contributed by atoms with Crippen LogP contribution in [0.4, 0.5) is 11.4 Å². The molecule has 1 unspecified atom stereocenters. The second-order valence-corrected chi connectivity index (χ2v) is 10.1. The molecule has 0 bridgehead atoms. The fourth-order valence-corrected chi connectivity index (χ4v) is 5.32. The van der Waals surface area contributed by atoms with Crippen LogP contribution in [0.2, 0.25) is 0 Å². The molecule has 7 nitrogen and oxygen atoms in total. The first-order valence-corrected chi connectivity index (χ1v) is 12.7. The Labute approximate surface area is 191 Å². The Morgan fingerprint density at radius 1 is 1.03 bits per heavy atom. The predicted octanol–water partition coefficient (Wildman–Crippen LogP) is 3.47. The van der Waals surface area contributed by atoms with Crippen molar-refractivity contribution in [1.82, 2.24) is 4.31 Å². The molecule has 1 saturated heterocycles. The Hall–Kier alpha value is -2.42. The summed E-state index contributed by atoms with van der Waals surface area (Å²) in [5.41, 5.74) is 1.39. The number of benzene rings is 2. The van der Waals surface area contributed by atoms with Gasteiger partial charge in [0.15, 0.2) is 0 Å². The lowest BCUT2D eigenvalue weighted by Crippen LogP contribution is -2.38. The van der Waals surface area contributed by atoms with Crippen LogP contribution in [0.1, 0.15) is 39.0 Å². The van der Waals surface area contributed by atoms with Crippen molar-refractivity contribution in [3.8, 4) is 0 Å². The van der Waals surface area contributed by atoms with Crippen molar-refractivity contribution in [2.45, 2.75) is 50.0 Å². The van der Waals surface area contributed by atoms with Gasteiger partial charge in [0.05, 0.1) is 17.5 Å². The van der Waals surface area contributed by atoms with E-state index in [4.69, 9.17) is 0 Å². The number of nitrogens with one attached hydrogen (secondary N) is 1. The highest BCUT2D eigenvalue weighted by atomic mass is 32.2. The molecule has 1 aliphatic heterocycles. The zero-order valence-corrected chi connectivity index (χ0v) is 19.4. The molecule has 8 heteroatoms. The maximum absolute atomic E-state index is 12.9. The number of anilines is 2. The highest BCUT2D eigenvalue weighted by Gasteiger charge is 2.25. The lowest BCUT2D eigenvalue weighted by atomic mass is 10.2. The van der Waals surface area contributed by atoms with Crippen molar-refractivity contribution in [3.63, 3.8) is 0 Å². The van der Waals surface area contributed by atoms with Gasteiger partial charge in [-0.2, -0.15) is 4.31 Å². The lowest BCUT2D eigenvalue weighted by Gasteiger charge is -2.26. The molecule has 2 aromatic carbocycles. The number of amides is 1. The zero-order valence-electron chi connectivity index (χ0n) is 18.6. The minimum Gasteiger partial charge on any atom is -0.391 e. The second-order valence-electron chi connectivity index (χ2n) is 8.17. The molecule has 1 fully saturated rings. The highest BCUT2D eigenvalue weighted by Crippen LogP contribution is 2.22. The number of carbonyl (C=O) groups is 1. The molecule has 1 aliphatic rings. The molecule has 2 aromatic rings. The first kappa shape index (κ1) is 24.2. The summed E-state index contributed by atoms with van der Waals surface area (Å²) in [5, 5.41) is 12.9. The highest BCUT2D eigenvalue weighted by molar-refractivity contribution is 7.89. The maximum atomic E-state index is 12.9. The summed E-state index contributed by atoms with van der Waals surface area (Å²) < 4.78 is 27.4. The number of aliphatic hydroxyl groups is 1. The molecule has 32 heavy (non-hydrogen) atoms. The number of para-hydroxylation sites is 1. The predicted molar refractivity (Wildman–Crippen MR) is 127 cm³/mol. The maximum Gasteiger partial charge on any atom is 0.243 e. The van der Waals surface area contributed by atoms with Gasteiger partial charge in [0.25, 0.3) is 0 Å². The minimum absolute atomic E-state index is 0.0783. The van der Waals surface area contributed by atoms with Gasteiger partial charge in [-0.3, -0.25) is 4.79 Å². The van der Waals surface area contributed by atoms with Crippen LogP contribution in [0.25, 0.3) is 0 Å². The van der Waals surface area contributed by atoms with Crippen molar-refractivity contribution < 1.29 is 18.3 Å². The molecular weight excluding hydrogens is 426 g/mol. The third kappa shape index (κ3) is 6.54. The lowest BCUT2D eigenvalue weighted by molar-refractivity contribution is -0.115. The first-order valence-electron chi connectivity index (χ1n) is 11.3. The van der Waals surface area contributed by atoms with Crippen molar-refractivity contribution in [1.29, 1.82) is 0 Å². The monoisotopic (exact) mass is 459 g/mol. The van der Waals surface area contributed by atoms with Gasteiger partial charge >= 0.3 is 0 Å². The molecule has 3 rings (SSSR count). The molecule has 1 amide bonds. The van der Waals surface area contributed by atoms with Crippen LogP contribution in [0.3, 0.4) is 0 Å². The zero-order chi connectivity index (χ0) is 23.0. The minimum atomic E-state index is -3.52. The first-order chi connectivity index (χ1) is 15.4. The van der Waals surface area contributed by atoms with Crippen molar-refractivity contribution in [2.24, 2.45) is 0 Å². The normalized spacial score (nSPS) is 16.2. The average Bonchev–Trinajstić information content (AvgIpc) is 3.10. The van der Waals surface area contributed by atoms with E-state index in [0.717, 1.165) is 31.4 Å². The SMILES string of the molecule is CCC(O)CN(CC(=O)Nc1ccc(S(=O)(=O)N2CCCCCC2)cc1)c1ccccc1. The van der Waals surface area contributed by atoms with E-state index in [2.05, 4.69) is 5.32 Å². The topological polar surface area (TPSA) is 90.0 Å². The quantitative estimate of drug-likeness (QED) is 0.599. The summed E-state index contributed by atoms with van der Waals surface area (Å²) in [6.07, 6.45) is 3.96. The van der Waals surface area contributed by atoms with E-state index >= 15 is 0 Å². The summed E-state index contributed by atoms with van der Waals surface area (Å²) in [6, 6.07) is 15.8. The number of hydrogen-bond donors (Lipinski definition) is 2.